The summed E-state index contributed by atoms with van der Waals surface area (Å²) in [7, 11) is 0. The minimum absolute atomic E-state index is 0.0330. The van der Waals surface area contributed by atoms with Gasteiger partial charge in [0.2, 0.25) is 6.29 Å². The molecule has 5 aromatic carbocycles. The van der Waals surface area contributed by atoms with E-state index in [0.717, 1.165) is 76.7 Å². The predicted molar refractivity (Wildman–Crippen MR) is 332 cm³/mol. The first kappa shape index (κ1) is 63.1. The molecule has 1 amide bonds. The molecule has 12 nitrogen and oxygen atoms in total. The Bertz CT molecular complexity index is 2860. The topological polar surface area (TPSA) is 137 Å². The highest BCUT2D eigenvalue weighted by Crippen LogP contribution is 2.68. The molecule has 0 aromatic heterocycles. The Balaban J connectivity index is 0.850. The lowest BCUT2D eigenvalue weighted by Crippen LogP contribution is -2.62. The Hall–Kier alpha value is -5.89. The zero-order chi connectivity index (χ0) is 59.9. The van der Waals surface area contributed by atoms with E-state index < -0.39 is 54.8 Å². The maximum atomic E-state index is 15.1. The summed E-state index contributed by atoms with van der Waals surface area (Å²) < 4.78 is 52.4. The van der Waals surface area contributed by atoms with E-state index in [9.17, 15) is 9.59 Å². The minimum Gasteiger partial charge on any atom is -0.462 e. The van der Waals surface area contributed by atoms with Crippen molar-refractivity contribution in [2.45, 2.75) is 200 Å². The van der Waals surface area contributed by atoms with Crippen LogP contribution in [0.4, 0.5) is 4.79 Å². The van der Waals surface area contributed by atoms with Crippen molar-refractivity contribution in [3.63, 3.8) is 0 Å². The fourth-order valence-corrected chi connectivity index (χ4v) is 16.1. The molecule has 1 unspecified atom stereocenters. The number of alkyl carbamates (subject to hydrolysis) is 1. The smallest absolute Gasteiger partial charge is 0.408 e. The molecule has 12 heteroatoms. The van der Waals surface area contributed by atoms with Crippen molar-refractivity contribution in [3.8, 4) is 0 Å². The van der Waals surface area contributed by atoms with Crippen molar-refractivity contribution in [3.05, 3.63) is 179 Å². The van der Waals surface area contributed by atoms with Gasteiger partial charge in [0.15, 0.2) is 0 Å². The third kappa shape index (κ3) is 16.2. The SMILES string of the molecule is CC(C)CCC[C@@H](C)[C@H]1CC[C@H]2[C@@H]3CC[C@H]4C[C@@H](OC(=O)CCC(NC(=O)OCc5ccccc5)C(=O)O[C@H]5O[C@H](COCc6ccccc6)[C@@H](OCc6ccccc6)[C@H](OCc6ccccc6)[C@H]5OCc5ccccc5)CC[C@]4(C)[C@H]3CC[C@]12C. The molecule has 1 saturated heterocycles. The highest BCUT2D eigenvalue weighted by Gasteiger charge is 2.61. The lowest BCUT2D eigenvalue weighted by Gasteiger charge is -2.61. The van der Waals surface area contributed by atoms with Crippen LogP contribution in [0.2, 0.25) is 0 Å². The number of amides is 1. The van der Waals surface area contributed by atoms with Crippen molar-refractivity contribution in [1.29, 1.82) is 0 Å². The Morgan fingerprint density at radius 3 is 1.69 bits per heavy atom. The zero-order valence-corrected chi connectivity index (χ0v) is 51.6. The number of hydrogen-bond acceptors (Lipinski definition) is 11. The monoisotopic (exact) mass is 1170 g/mol. The van der Waals surface area contributed by atoms with Crippen LogP contribution < -0.4 is 5.32 Å². The van der Waals surface area contributed by atoms with Gasteiger partial charge >= 0.3 is 18.0 Å². The van der Waals surface area contributed by atoms with Gasteiger partial charge in [-0.05, 0) is 144 Å². The summed E-state index contributed by atoms with van der Waals surface area (Å²) >= 11 is 0. The molecule has 4 aliphatic carbocycles. The van der Waals surface area contributed by atoms with Crippen molar-refractivity contribution in [2.24, 2.45) is 52.3 Å². The van der Waals surface area contributed by atoms with Crippen LogP contribution in [-0.2, 0) is 80.5 Å². The molecule has 1 aliphatic heterocycles. The van der Waals surface area contributed by atoms with Gasteiger partial charge < -0.3 is 43.2 Å². The second kappa shape index (κ2) is 30.3. The normalized spacial score (nSPS) is 29.3. The van der Waals surface area contributed by atoms with Crippen LogP contribution in [0, 0.1) is 52.3 Å². The average molecular weight is 1170 g/mol. The Labute approximate surface area is 512 Å². The molecule has 5 aliphatic rings. The van der Waals surface area contributed by atoms with Crippen LogP contribution in [-0.4, -0.2) is 67.5 Å². The second-order valence-electron chi connectivity index (χ2n) is 26.6. The van der Waals surface area contributed by atoms with Gasteiger partial charge in [0.25, 0.3) is 0 Å². The fraction of sp³-hybridized carbons (Fsp3) is 0.554. The Kier molecular flexibility index (Phi) is 22.3. The molecule has 5 fully saturated rings. The first-order valence-corrected chi connectivity index (χ1v) is 32.4. The van der Waals surface area contributed by atoms with E-state index in [-0.39, 0.29) is 64.0 Å². The van der Waals surface area contributed by atoms with Crippen LogP contribution >= 0.6 is 0 Å². The van der Waals surface area contributed by atoms with Crippen LogP contribution in [0.3, 0.4) is 0 Å². The van der Waals surface area contributed by atoms with Crippen LogP contribution in [0.15, 0.2) is 152 Å². The summed E-state index contributed by atoms with van der Waals surface area (Å²) in [5.74, 6) is 3.89. The molecular formula is C74H95NO11. The number of benzene rings is 5. The molecule has 1 N–H and O–H groups in total. The number of carbonyl (C=O) groups excluding carboxylic acids is 3. The van der Waals surface area contributed by atoms with Crippen molar-refractivity contribution in [2.75, 3.05) is 6.61 Å². The molecule has 0 spiro atoms. The van der Waals surface area contributed by atoms with Crippen LogP contribution in [0.25, 0.3) is 0 Å². The first-order chi connectivity index (χ1) is 41.8. The second-order valence-corrected chi connectivity index (χ2v) is 26.6. The molecule has 15 atom stereocenters. The first-order valence-electron chi connectivity index (χ1n) is 32.4. The minimum atomic E-state index is -1.40. The zero-order valence-electron chi connectivity index (χ0n) is 51.6. The molecule has 462 valence electrons. The van der Waals surface area contributed by atoms with Gasteiger partial charge in [-0.1, -0.05) is 206 Å². The summed E-state index contributed by atoms with van der Waals surface area (Å²) in [6.45, 7) is 13.3. The molecule has 4 saturated carbocycles. The molecule has 86 heavy (non-hydrogen) atoms. The van der Waals surface area contributed by atoms with Crippen molar-refractivity contribution >= 4 is 18.0 Å². The number of esters is 2. The highest BCUT2D eigenvalue weighted by atomic mass is 16.7. The number of carbonyl (C=O) groups is 3. The lowest BCUT2D eigenvalue weighted by atomic mass is 9.44. The van der Waals surface area contributed by atoms with E-state index in [1.54, 1.807) is 0 Å². The van der Waals surface area contributed by atoms with E-state index in [0.29, 0.717) is 17.3 Å². The largest absolute Gasteiger partial charge is 0.462 e. The van der Waals surface area contributed by atoms with Crippen LogP contribution in [0.5, 0.6) is 0 Å². The predicted octanol–water partition coefficient (Wildman–Crippen LogP) is 15.3. The molecule has 1 heterocycles. The lowest BCUT2D eigenvalue weighted by molar-refractivity contribution is -0.321. The maximum absolute atomic E-state index is 15.1. The summed E-state index contributed by atoms with van der Waals surface area (Å²) in [4.78, 5) is 43.0. The van der Waals surface area contributed by atoms with Crippen molar-refractivity contribution < 1.29 is 52.3 Å². The van der Waals surface area contributed by atoms with E-state index in [4.69, 9.17) is 37.9 Å². The molecule has 0 bridgehead atoms. The molecule has 0 radical (unpaired) electrons. The van der Waals surface area contributed by atoms with Gasteiger partial charge in [0, 0.05) is 6.42 Å². The summed E-state index contributed by atoms with van der Waals surface area (Å²) in [6, 6.07) is 47.2. The van der Waals surface area contributed by atoms with Gasteiger partial charge in [-0.3, -0.25) is 4.79 Å². The van der Waals surface area contributed by atoms with Gasteiger partial charge in [-0.25, -0.2) is 9.59 Å². The van der Waals surface area contributed by atoms with Gasteiger partial charge in [0.1, 0.15) is 43.2 Å². The maximum Gasteiger partial charge on any atom is 0.408 e. The number of hydrogen-bond donors (Lipinski definition) is 1. The standard InChI is InChI=1S/C74H95NO11/c1-51(2)22-21-23-52(3)61-36-37-62-60-35-34-58-44-59(40-42-73(58,4)63(60)41-43-74(61,62)5)84-66(76)39-38-64(75-72(78)83-49-57-32-19-10-20-33-57)70(77)86-71-69(82-48-56-30-17-9-18-31-56)68(81-47-55-28-15-8-16-29-55)67(80-46-54-26-13-7-14-27-54)65(85-71)50-79-45-53-24-11-6-12-25-53/h6-20,24-33,51-52,58-65,67-69,71H,21-23,34-50H2,1-5H3,(H,75,78)/t52-,58+,59+,60+,61-,62+,63+,64?,65-,67-,68+,69-,71-,73+,74-/m1/s1. The van der Waals surface area contributed by atoms with E-state index >= 15 is 4.79 Å². The van der Waals surface area contributed by atoms with Crippen molar-refractivity contribution in [1.82, 2.24) is 5.32 Å². The Morgan fingerprint density at radius 1 is 0.558 bits per heavy atom. The quantitative estimate of drug-likeness (QED) is 0.0397. The number of ether oxygens (including phenoxy) is 8. The van der Waals surface area contributed by atoms with E-state index in [1.165, 1.54) is 57.8 Å². The fourth-order valence-electron chi connectivity index (χ4n) is 16.1. The third-order valence-corrected chi connectivity index (χ3v) is 20.6. The molecule has 5 aromatic rings. The summed E-state index contributed by atoms with van der Waals surface area (Å²) in [5, 5.41) is 2.77. The highest BCUT2D eigenvalue weighted by molar-refractivity contribution is 5.82. The van der Waals surface area contributed by atoms with Gasteiger partial charge in [-0.15, -0.1) is 0 Å². The van der Waals surface area contributed by atoms with Gasteiger partial charge in [-0.2, -0.15) is 0 Å². The van der Waals surface area contributed by atoms with E-state index in [2.05, 4.69) is 39.9 Å². The third-order valence-electron chi connectivity index (χ3n) is 20.6. The van der Waals surface area contributed by atoms with Crippen LogP contribution in [0.1, 0.15) is 152 Å². The molecular weight excluding hydrogens is 1080 g/mol. The summed E-state index contributed by atoms with van der Waals surface area (Å²) in [6.07, 6.45) is 8.30. The number of fused-ring (bicyclic) bond motifs is 5. The number of rotatable bonds is 27. The molecule has 10 rings (SSSR count). The average Bonchev–Trinajstić information content (AvgIpc) is 1.49. The van der Waals surface area contributed by atoms with Gasteiger partial charge in [0.05, 0.1) is 33.0 Å². The van der Waals surface area contributed by atoms with E-state index in [1.807, 2.05) is 152 Å². The number of nitrogens with one attached hydrogen (secondary N) is 1. The Morgan fingerprint density at radius 2 is 1.09 bits per heavy atom. The summed E-state index contributed by atoms with van der Waals surface area (Å²) in [5.41, 5.74) is 5.14.